The number of piperidine rings is 1. The van der Waals surface area contributed by atoms with Crippen molar-refractivity contribution in [2.24, 2.45) is 0 Å². The van der Waals surface area contributed by atoms with Crippen LogP contribution in [0.5, 0.6) is 0 Å². The van der Waals surface area contributed by atoms with Crippen molar-refractivity contribution >= 4 is 11.7 Å². The van der Waals surface area contributed by atoms with Crippen LogP contribution in [0.2, 0.25) is 0 Å². The Morgan fingerprint density at radius 1 is 1.19 bits per heavy atom. The zero-order valence-electron chi connectivity index (χ0n) is 12.7. The van der Waals surface area contributed by atoms with Crippen LogP contribution >= 0.6 is 0 Å². The molecule has 1 amide bonds. The van der Waals surface area contributed by atoms with Crippen molar-refractivity contribution in [1.29, 1.82) is 0 Å². The second-order valence-corrected chi connectivity index (χ2v) is 6.35. The van der Waals surface area contributed by atoms with Crippen molar-refractivity contribution in [3.05, 3.63) is 17.8 Å². The number of carbonyl (C=O) groups is 1. The van der Waals surface area contributed by atoms with Gasteiger partial charge in [-0.2, -0.15) is 0 Å². The van der Waals surface area contributed by atoms with Crippen LogP contribution in [0.15, 0.2) is 12.1 Å². The monoisotopic (exact) mass is 290 g/mol. The first-order valence-electron chi connectivity index (χ1n) is 7.56. The van der Waals surface area contributed by atoms with Gasteiger partial charge in [0.05, 0.1) is 12.1 Å². The summed E-state index contributed by atoms with van der Waals surface area (Å²) in [6.45, 7) is 6.91. The van der Waals surface area contributed by atoms with Crippen LogP contribution in [0.1, 0.15) is 43.6 Å². The fraction of sp³-hybridized carbons (Fsp3) is 0.667. The number of aromatic nitrogens is 2. The molecule has 3 rings (SSSR count). The largest absolute Gasteiger partial charge is 0.359 e. The molecule has 1 aromatic rings. The number of rotatable bonds is 2. The highest BCUT2D eigenvalue weighted by molar-refractivity contribution is 5.92. The summed E-state index contributed by atoms with van der Waals surface area (Å²) in [6, 6.07) is 3.67. The fourth-order valence-corrected chi connectivity index (χ4v) is 2.84. The molecule has 2 saturated heterocycles. The SMILES string of the molecule is CC1(C)COCN1C(=O)c1ccc(N2CCCCC2)nn1. The molecule has 0 radical (unpaired) electrons. The molecule has 3 heterocycles. The quantitative estimate of drug-likeness (QED) is 0.829. The Kier molecular flexibility index (Phi) is 3.80. The smallest absolute Gasteiger partial charge is 0.276 e. The molecule has 0 aliphatic carbocycles. The Labute approximate surface area is 125 Å². The highest BCUT2D eigenvalue weighted by Crippen LogP contribution is 2.23. The van der Waals surface area contributed by atoms with Gasteiger partial charge in [0.25, 0.3) is 5.91 Å². The summed E-state index contributed by atoms with van der Waals surface area (Å²) in [5, 5.41) is 8.36. The van der Waals surface area contributed by atoms with E-state index in [1.54, 1.807) is 11.0 Å². The molecule has 21 heavy (non-hydrogen) atoms. The second-order valence-electron chi connectivity index (χ2n) is 6.35. The lowest BCUT2D eigenvalue weighted by Gasteiger charge is -2.29. The van der Waals surface area contributed by atoms with Crippen molar-refractivity contribution in [2.75, 3.05) is 31.3 Å². The van der Waals surface area contributed by atoms with Crippen LogP contribution in [-0.4, -0.2) is 53.0 Å². The number of hydrogen-bond donors (Lipinski definition) is 0. The molecule has 0 aromatic carbocycles. The first-order valence-corrected chi connectivity index (χ1v) is 7.56. The molecule has 0 saturated carbocycles. The van der Waals surface area contributed by atoms with E-state index in [1.807, 2.05) is 19.9 Å². The van der Waals surface area contributed by atoms with E-state index in [0.717, 1.165) is 18.9 Å². The molecule has 0 spiro atoms. The van der Waals surface area contributed by atoms with Crippen LogP contribution in [0.3, 0.4) is 0 Å². The van der Waals surface area contributed by atoms with Crippen molar-refractivity contribution < 1.29 is 9.53 Å². The number of hydrogen-bond acceptors (Lipinski definition) is 5. The van der Waals surface area contributed by atoms with Gasteiger partial charge in [0.2, 0.25) is 0 Å². The minimum Gasteiger partial charge on any atom is -0.359 e. The molecule has 0 N–H and O–H groups in total. The van der Waals surface area contributed by atoms with E-state index in [9.17, 15) is 4.79 Å². The van der Waals surface area contributed by atoms with Gasteiger partial charge in [-0.1, -0.05) is 0 Å². The first-order chi connectivity index (χ1) is 10.1. The third-order valence-electron chi connectivity index (χ3n) is 4.20. The Hall–Kier alpha value is -1.69. The van der Waals surface area contributed by atoms with E-state index in [4.69, 9.17) is 4.74 Å². The lowest BCUT2D eigenvalue weighted by molar-refractivity contribution is 0.0598. The highest BCUT2D eigenvalue weighted by atomic mass is 16.5. The summed E-state index contributed by atoms with van der Waals surface area (Å²) in [4.78, 5) is 16.4. The third kappa shape index (κ3) is 2.85. The van der Waals surface area contributed by atoms with Gasteiger partial charge in [0, 0.05) is 13.1 Å². The van der Waals surface area contributed by atoms with Crippen LogP contribution < -0.4 is 4.90 Å². The van der Waals surface area contributed by atoms with Gasteiger partial charge in [-0.25, -0.2) is 0 Å². The number of ether oxygens (including phenoxy) is 1. The topological polar surface area (TPSA) is 58.6 Å². The number of amides is 1. The van der Waals surface area contributed by atoms with Crippen LogP contribution in [0, 0.1) is 0 Å². The Bertz CT molecular complexity index is 509. The number of nitrogens with zero attached hydrogens (tertiary/aromatic N) is 4. The molecule has 2 fully saturated rings. The minimum absolute atomic E-state index is 0.116. The zero-order chi connectivity index (χ0) is 14.9. The van der Waals surface area contributed by atoms with E-state index in [1.165, 1.54) is 19.3 Å². The average Bonchev–Trinajstić information content (AvgIpc) is 2.87. The standard InChI is InChI=1S/C15H22N4O2/c1-15(2)10-21-11-19(15)14(20)12-6-7-13(17-16-12)18-8-4-3-5-9-18/h6-7H,3-5,8-11H2,1-2H3. The lowest BCUT2D eigenvalue weighted by Crippen LogP contribution is -2.44. The first kappa shape index (κ1) is 14.3. The van der Waals surface area contributed by atoms with Crippen LogP contribution in [0.25, 0.3) is 0 Å². The fourth-order valence-electron chi connectivity index (χ4n) is 2.84. The van der Waals surface area contributed by atoms with Crippen molar-refractivity contribution in [2.45, 2.75) is 38.6 Å². The second kappa shape index (κ2) is 5.60. The molecule has 0 bridgehead atoms. The summed E-state index contributed by atoms with van der Waals surface area (Å²) in [5.74, 6) is 0.748. The maximum Gasteiger partial charge on any atom is 0.276 e. The molecule has 6 heteroatoms. The van der Waals surface area contributed by atoms with Crippen molar-refractivity contribution in [3.63, 3.8) is 0 Å². The normalized spacial score (nSPS) is 21.6. The van der Waals surface area contributed by atoms with Crippen LogP contribution in [0.4, 0.5) is 5.82 Å². The molecule has 6 nitrogen and oxygen atoms in total. The molecule has 2 aliphatic heterocycles. The van der Waals surface area contributed by atoms with E-state index in [2.05, 4.69) is 15.1 Å². The van der Waals surface area contributed by atoms with Crippen molar-refractivity contribution in [1.82, 2.24) is 15.1 Å². The molecule has 0 unspecified atom stereocenters. The highest BCUT2D eigenvalue weighted by Gasteiger charge is 2.37. The molecule has 114 valence electrons. The Balaban J connectivity index is 1.73. The number of anilines is 1. The van der Waals surface area contributed by atoms with E-state index in [-0.39, 0.29) is 11.4 Å². The molecular formula is C15H22N4O2. The Morgan fingerprint density at radius 3 is 2.52 bits per heavy atom. The maximum absolute atomic E-state index is 12.5. The van der Waals surface area contributed by atoms with Gasteiger partial charge in [0.15, 0.2) is 11.5 Å². The summed E-state index contributed by atoms with van der Waals surface area (Å²) in [7, 11) is 0. The predicted octanol–water partition coefficient (Wildman–Crippen LogP) is 1.68. The van der Waals surface area contributed by atoms with Gasteiger partial charge < -0.3 is 14.5 Å². The van der Waals surface area contributed by atoms with E-state index < -0.39 is 0 Å². The van der Waals surface area contributed by atoms with E-state index in [0.29, 0.717) is 19.0 Å². The lowest BCUT2D eigenvalue weighted by atomic mass is 10.1. The third-order valence-corrected chi connectivity index (χ3v) is 4.20. The summed E-state index contributed by atoms with van der Waals surface area (Å²) < 4.78 is 5.38. The van der Waals surface area contributed by atoms with Gasteiger partial charge >= 0.3 is 0 Å². The van der Waals surface area contributed by atoms with Gasteiger partial charge in [0.1, 0.15) is 6.73 Å². The van der Waals surface area contributed by atoms with Gasteiger partial charge in [-0.15, -0.1) is 10.2 Å². The molecule has 1 aromatic heterocycles. The molecular weight excluding hydrogens is 268 g/mol. The van der Waals surface area contributed by atoms with Crippen LogP contribution in [-0.2, 0) is 4.74 Å². The minimum atomic E-state index is -0.287. The van der Waals surface area contributed by atoms with Gasteiger partial charge in [-0.05, 0) is 45.2 Å². The summed E-state index contributed by atoms with van der Waals surface area (Å²) in [5.41, 5.74) is 0.0962. The number of carbonyl (C=O) groups excluding carboxylic acids is 1. The summed E-state index contributed by atoms with van der Waals surface area (Å²) in [6.07, 6.45) is 3.67. The Morgan fingerprint density at radius 2 is 1.95 bits per heavy atom. The van der Waals surface area contributed by atoms with E-state index >= 15 is 0 Å². The average molecular weight is 290 g/mol. The molecule has 0 atom stereocenters. The van der Waals surface area contributed by atoms with Gasteiger partial charge in [-0.3, -0.25) is 4.79 Å². The predicted molar refractivity (Wildman–Crippen MR) is 79.2 cm³/mol. The summed E-state index contributed by atoms with van der Waals surface area (Å²) >= 11 is 0. The maximum atomic E-state index is 12.5. The van der Waals surface area contributed by atoms with Crippen molar-refractivity contribution in [3.8, 4) is 0 Å². The molecule has 2 aliphatic rings. The zero-order valence-corrected chi connectivity index (χ0v) is 12.7.